The van der Waals surface area contributed by atoms with Crippen LogP contribution in [0.2, 0.25) is 0 Å². The summed E-state index contributed by atoms with van der Waals surface area (Å²) in [5.74, 6) is 0.00384. The molecule has 26 heavy (non-hydrogen) atoms. The molecule has 1 aromatic carbocycles. The molecule has 1 amide bonds. The monoisotopic (exact) mass is 405 g/mol. The number of amides is 1. The summed E-state index contributed by atoms with van der Waals surface area (Å²) in [5, 5.41) is 6.38. The molecular formula is C19H33Cl2N3O2. The van der Waals surface area contributed by atoms with Gasteiger partial charge in [-0.3, -0.25) is 9.69 Å². The van der Waals surface area contributed by atoms with Gasteiger partial charge in [0.25, 0.3) is 5.91 Å². The van der Waals surface area contributed by atoms with Crippen LogP contribution in [0.3, 0.4) is 0 Å². The van der Waals surface area contributed by atoms with Crippen molar-refractivity contribution in [3.8, 4) is 0 Å². The third-order valence-electron chi connectivity index (χ3n) is 5.06. The maximum atomic E-state index is 12.7. The Morgan fingerprint density at radius 2 is 1.73 bits per heavy atom. The number of hydrogen-bond donors (Lipinski definition) is 2. The van der Waals surface area contributed by atoms with Crippen molar-refractivity contribution in [1.82, 2.24) is 15.5 Å². The van der Waals surface area contributed by atoms with E-state index in [4.69, 9.17) is 4.74 Å². The zero-order chi connectivity index (χ0) is 17.4. The highest BCUT2D eigenvalue weighted by atomic mass is 35.5. The van der Waals surface area contributed by atoms with E-state index in [0.717, 1.165) is 45.6 Å². The maximum absolute atomic E-state index is 12.7. The van der Waals surface area contributed by atoms with Crippen molar-refractivity contribution < 1.29 is 9.53 Å². The number of carbonyl (C=O) groups is 1. The Bertz CT molecular complexity index is 533. The molecule has 2 rings (SSSR count). The maximum Gasteiger partial charge on any atom is 0.252 e. The normalized spacial score (nSPS) is 15.7. The average molecular weight is 406 g/mol. The van der Waals surface area contributed by atoms with Gasteiger partial charge in [0.15, 0.2) is 0 Å². The third kappa shape index (κ3) is 6.39. The van der Waals surface area contributed by atoms with Crippen LogP contribution in [0.1, 0.15) is 37.8 Å². The number of carbonyl (C=O) groups excluding carboxylic acids is 1. The predicted molar refractivity (Wildman–Crippen MR) is 111 cm³/mol. The fourth-order valence-electron chi connectivity index (χ4n) is 3.26. The Kier molecular flexibility index (Phi) is 12.1. The Balaban J connectivity index is 0.00000312. The molecule has 5 nitrogen and oxygen atoms in total. The van der Waals surface area contributed by atoms with Gasteiger partial charge in [0, 0.05) is 20.2 Å². The molecule has 1 aromatic rings. The molecule has 1 aliphatic heterocycles. The summed E-state index contributed by atoms with van der Waals surface area (Å²) in [7, 11) is 1.64. The van der Waals surface area contributed by atoms with Crippen molar-refractivity contribution in [2.75, 3.05) is 33.3 Å². The van der Waals surface area contributed by atoms with Crippen molar-refractivity contribution >= 4 is 30.7 Å². The van der Waals surface area contributed by atoms with Crippen molar-refractivity contribution in [3.05, 3.63) is 35.4 Å². The Labute approximate surface area is 170 Å². The summed E-state index contributed by atoms with van der Waals surface area (Å²) in [5.41, 5.74) is 1.77. The lowest BCUT2D eigenvalue weighted by molar-refractivity contribution is -0.146. The number of nitrogens with one attached hydrogen (secondary N) is 2. The summed E-state index contributed by atoms with van der Waals surface area (Å²) in [6, 6.07) is 8.34. The van der Waals surface area contributed by atoms with Gasteiger partial charge in [0.2, 0.25) is 0 Å². The van der Waals surface area contributed by atoms with Crippen LogP contribution in [0.25, 0.3) is 0 Å². The molecule has 0 radical (unpaired) electrons. The highest BCUT2D eigenvalue weighted by molar-refractivity contribution is 5.86. The van der Waals surface area contributed by atoms with Crippen LogP contribution in [0.15, 0.2) is 24.3 Å². The van der Waals surface area contributed by atoms with E-state index >= 15 is 0 Å². The summed E-state index contributed by atoms with van der Waals surface area (Å²) in [6.45, 7) is 9.50. The van der Waals surface area contributed by atoms with Crippen LogP contribution in [0.5, 0.6) is 0 Å². The fraction of sp³-hybridized carbons (Fsp3) is 0.632. The molecule has 2 N–H and O–H groups in total. The molecule has 0 atom stereocenters. The molecule has 7 heteroatoms. The van der Waals surface area contributed by atoms with Gasteiger partial charge >= 0.3 is 0 Å². The number of ether oxygens (including phenoxy) is 1. The first-order valence-corrected chi connectivity index (χ1v) is 8.98. The molecule has 1 aliphatic rings. The van der Waals surface area contributed by atoms with Crippen molar-refractivity contribution in [1.29, 1.82) is 0 Å². The predicted octanol–water partition coefficient (Wildman–Crippen LogP) is 2.76. The van der Waals surface area contributed by atoms with E-state index in [-0.39, 0.29) is 30.7 Å². The molecule has 1 fully saturated rings. The van der Waals surface area contributed by atoms with Gasteiger partial charge in [0.1, 0.15) is 5.60 Å². The van der Waals surface area contributed by atoms with Crippen LogP contribution in [-0.4, -0.2) is 49.7 Å². The average Bonchev–Trinajstić information content (AvgIpc) is 2.65. The van der Waals surface area contributed by atoms with E-state index in [1.807, 2.05) is 6.07 Å². The second kappa shape index (κ2) is 12.5. The SMILES string of the molecule is CCN(CC)Cc1ccccc1CNC(=O)C1(OC)CCNCC1.Cl.Cl. The number of methoxy groups -OCH3 is 1. The molecule has 0 spiro atoms. The van der Waals surface area contributed by atoms with Crippen LogP contribution >= 0.6 is 24.8 Å². The largest absolute Gasteiger partial charge is 0.368 e. The van der Waals surface area contributed by atoms with Gasteiger partial charge in [-0.25, -0.2) is 0 Å². The number of rotatable bonds is 8. The highest BCUT2D eigenvalue weighted by Gasteiger charge is 2.39. The van der Waals surface area contributed by atoms with Crippen LogP contribution in [-0.2, 0) is 22.6 Å². The van der Waals surface area contributed by atoms with Gasteiger partial charge in [-0.1, -0.05) is 38.1 Å². The Morgan fingerprint density at radius 3 is 2.27 bits per heavy atom. The molecule has 150 valence electrons. The third-order valence-corrected chi connectivity index (χ3v) is 5.06. The smallest absolute Gasteiger partial charge is 0.252 e. The molecule has 0 aromatic heterocycles. The van der Waals surface area contributed by atoms with Gasteiger partial charge in [-0.15, -0.1) is 24.8 Å². The second-order valence-electron chi connectivity index (χ2n) is 6.36. The Morgan fingerprint density at radius 1 is 1.15 bits per heavy atom. The van der Waals surface area contributed by atoms with Gasteiger partial charge < -0.3 is 15.4 Å². The molecule has 1 saturated heterocycles. The highest BCUT2D eigenvalue weighted by Crippen LogP contribution is 2.23. The molecule has 0 aliphatic carbocycles. The summed E-state index contributed by atoms with van der Waals surface area (Å²) in [4.78, 5) is 15.1. The summed E-state index contributed by atoms with van der Waals surface area (Å²) >= 11 is 0. The molecular weight excluding hydrogens is 373 g/mol. The van der Waals surface area contributed by atoms with E-state index < -0.39 is 5.60 Å². The quantitative estimate of drug-likeness (QED) is 0.697. The number of halogens is 2. The van der Waals surface area contributed by atoms with Gasteiger partial charge in [-0.05, 0) is 50.1 Å². The van der Waals surface area contributed by atoms with Gasteiger partial charge in [-0.2, -0.15) is 0 Å². The van der Waals surface area contributed by atoms with Crippen molar-refractivity contribution in [2.45, 2.75) is 45.4 Å². The van der Waals surface area contributed by atoms with E-state index in [9.17, 15) is 4.79 Å². The molecule has 0 bridgehead atoms. The lowest BCUT2D eigenvalue weighted by Gasteiger charge is -2.34. The molecule has 0 unspecified atom stereocenters. The van der Waals surface area contributed by atoms with Crippen LogP contribution in [0.4, 0.5) is 0 Å². The van der Waals surface area contributed by atoms with Crippen LogP contribution < -0.4 is 10.6 Å². The minimum atomic E-state index is -0.681. The molecule has 1 heterocycles. The lowest BCUT2D eigenvalue weighted by Crippen LogP contribution is -2.54. The molecule has 0 saturated carbocycles. The lowest BCUT2D eigenvalue weighted by atomic mass is 9.91. The zero-order valence-corrected chi connectivity index (χ0v) is 17.7. The van der Waals surface area contributed by atoms with E-state index in [1.54, 1.807) is 7.11 Å². The first-order chi connectivity index (χ1) is 11.6. The van der Waals surface area contributed by atoms with E-state index in [0.29, 0.717) is 6.54 Å². The second-order valence-corrected chi connectivity index (χ2v) is 6.36. The number of piperidine rings is 1. The van der Waals surface area contributed by atoms with Gasteiger partial charge in [0.05, 0.1) is 0 Å². The van der Waals surface area contributed by atoms with Crippen LogP contribution in [0, 0.1) is 0 Å². The fourth-order valence-corrected chi connectivity index (χ4v) is 3.26. The zero-order valence-electron chi connectivity index (χ0n) is 16.0. The standard InChI is InChI=1S/C19H31N3O2.2ClH/c1-4-22(5-2)15-17-9-7-6-8-16(17)14-21-18(23)19(24-3)10-12-20-13-11-19;;/h6-9,20H,4-5,10-15H2,1-3H3,(H,21,23);2*1H. The van der Waals surface area contributed by atoms with E-state index in [1.165, 1.54) is 11.1 Å². The minimum absolute atomic E-state index is 0. The number of hydrogen-bond acceptors (Lipinski definition) is 4. The summed E-state index contributed by atoms with van der Waals surface area (Å²) < 4.78 is 5.60. The number of benzene rings is 1. The van der Waals surface area contributed by atoms with Crippen molar-refractivity contribution in [2.24, 2.45) is 0 Å². The number of nitrogens with zero attached hydrogens (tertiary/aromatic N) is 1. The minimum Gasteiger partial charge on any atom is -0.368 e. The topological polar surface area (TPSA) is 53.6 Å². The van der Waals surface area contributed by atoms with Crippen molar-refractivity contribution in [3.63, 3.8) is 0 Å². The van der Waals surface area contributed by atoms with E-state index in [2.05, 4.69) is 47.6 Å². The first kappa shape index (κ1) is 25.1. The Hall–Kier alpha value is -0.850. The first-order valence-electron chi connectivity index (χ1n) is 8.98. The summed E-state index contributed by atoms with van der Waals surface area (Å²) in [6.07, 6.45) is 1.44.